The van der Waals surface area contributed by atoms with Crippen molar-refractivity contribution in [1.29, 1.82) is 0 Å². The van der Waals surface area contributed by atoms with E-state index < -0.39 is 0 Å². The molecular formula is C21H24N6O. The minimum Gasteiger partial charge on any atom is -0.338 e. The molecule has 1 aliphatic rings. The molecule has 0 spiro atoms. The summed E-state index contributed by atoms with van der Waals surface area (Å²) in [6.45, 7) is 2.19. The number of H-pyrrole nitrogens is 1. The molecule has 1 atom stereocenters. The van der Waals surface area contributed by atoms with Crippen molar-refractivity contribution in [3.8, 4) is 11.4 Å². The van der Waals surface area contributed by atoms with Crippen LogP contribution in [0.3, 0.4) is 0 Å². The monoisotopic (exact) mass is 376 g/mol. The molecule has 0 saturated carbocycles. The Morgan fingerprint density at radius 2 is 2.00 bits per heavy atom. The zero-order valence-corrected chi connectivity index (χ0v) is 15.7. The molecule has 0 radical (unpaired) electrons. The van der Waals surface area contributed by atoms with Gasteiger partial charge in [-0.05, 0) is 36.5 Å². The van der Waals surface area contributed by atoms with E-state index in [1.54, 1.807) is 12.4 Å². The Kier molecular flexibility index (Phi) is 5.61. The van der Waals surface area contributed by atoms with Crippen LogP contribution in [0.15, 0.2) is 54.9 Å². The van der Waals surface area contributed by atoms with E-state index in [9.17, 15) is 4.79 Å². The quantitative estimate of drug-likeness (QED) is 0.692. The molecule has 3 aromatic rings. The second-order valence-electron chi connectivity index (χ2n) is 7.11. The van der Waals surface area contributed by atoms with Crippen LogP contribution >= 0.6 is 0 Å². The Morgan fingerprint density at radius 3 is 2.82 bits per heavy atom. The lowest BCUT2D eigenvalue weighted by atomic mass is 10.1. The third kappa shape index (κ3) is 4.54. The Labute approximate surface area is 164 Å². The second-order valence-corrected chi connectivity index (χ2v) is 7.11. The average Bonchev–Trinajstić information content (AvgIpc) is 3.40. The number of hydrogen-bond donors (Lipinski definition) is 2. The first kappa shape index (κ1) is 18.2. The van der Waals surface area contributed by atoms with Crippen molar-refractivity contribution in [3.63, 3.8) is 0 Å². The highest BCUT2D eigenvalue weighted by molar-refractivity contribution is 5.74. The zero-order valence-electron chi connectivity index (χ0n) is 15.7. The number of aromatic nitrogens is 4. The fourth-order valence-corrected chi connectivity index (χ4v) is 3.54. The van der Waals surface area contributed by atoms with Gasteiger partial charge in [-0.2, -0.15) is 5.10 Å². The maximum absolute atomic E-state index is 12.4. The van der Waals surface area contributed by atoms with Crippen molar-refractivity contribution in [2.45, 2.75) is 19.3 Å². The summed E-state index contributed by atoms with van der Waals surface area (Å²) in [5.41, 5.74) is 2.18. The van der Waals surface area contributed by atoms with Crippen molar-refractivity contribution in [2.24, 2.45) is 5.92 Å². The lowest BCUT2D eigenvalue weighted by Crippen LogP contribution is -2.39. The van der Waals surface area contributed by atoms with Crippen molar-refractivity contribution >= 4 is 6.03 Å². The Morgan fingerprint density at radius 1 is 1.18 bits per heavy atom. The molecule has 2 amide bonds. The second kappa shape index (κ2) is 8.65. The highest BCUT2D eigenvalue weighted by atomic mass is 16.2. The number of nitrogens with one attached hydrogen (secondary N) is 2. The van der Waals surface area contributed by atoms with E-state index in [-0.39, 0.29) is 6.03 Å². The van der Waals surface area contributed by atoms with E-state index in [1.807, 2.05) is 35.2 Å². The first-order chi connectivity index (χ1) is 13.8. The van der Waals surface area contributed by atoms with Gasteiger partial charge in [0.05, 0.1) is 0 Å². The summed E-state index contributed by atoms with van der Waals surface area (Å²) in [5, 5.41) is 10.4. The maximum Gasteiger partial charge on any atom is 0.317 e. The summed E-state index contributed by atoms with van der Waals surface area (Å²) >= 11 is 0. The number of urea groups is 1. The number of likely N-dealkylation sites (tertiary alicyclic amines) is 1. The summed E-state index contributed by atoms with van der Waals surface area (Å²) < 4.78 is 0. The summed E-state index contributed by atoms with van der Waals surface area (Å²) in [7, 11) is 0. The number of benzene rings is 1. The molecule has 7 heteroatoms. The van der Waals surface area contributed by atoms with Gasteiger partial charge in [0.25, 0.3) is 0 Å². The highest BCUT2D eigenvalue weighted by Crippen LogP contribution is 2.21. The van der Waals surface area contributed by atoms with Crippen LogP contribution < -0.4 is 5.32 Å². The topological polar surface area (TPSA) is 86.8 Å². The van der Waals surface area contributed by atoms with Crippen molar-refractivity contribution in [2.75, 3.05) is 19.6 Å². The SMILES string of the molecule is O=C(NCCc1ccccc1)N1CCC(Cc2nc(-c3ccncc3)n[nH]2)C1. The molecule has 28 heavy (non-hydrogen) atoms. The van der Waals surface area contributed by atoms with Gasteiger partial charge in [-0.15, -0.1) is 0 Å². The van der Waals surface area contributed by atoms with Crippen LogP contribution in [-0.2, 0) is 12.8 Å². The fraction of sp³-hybridized carbons (Fsp3) is 0.333. The standard InChI is InChI=1S/C21H24N6O/c28-21(23-12-6-16-4-2-1-3-5-16)27-13-9-17(15-27)14-19-24-20(26-25-19)18-7-10-22-11-8-18/h1-5,7-8,10-11,17H,6,9,12-15H2,(H,23,28)(H,24,25,26). The van der Waals surface area contributed by atoms with Gasteiger partial charge in [-0.1, -0.05) is 30.3 Å². The molecule has 1 fully saturated rings. The summed E-state index contributed by atoms with van der Waals surface area (Å²) in [6.07, 6.45) is 6.09. The smallest absolute Gasteiger partial charge is 0.317 e. The fourth-order valence-electron chi connectivity index (χ4n) is 3.54. The first-order valence-corrected chi connectivity index (χ1v) is 9.66. The van der Waals surface area contributed by atoms with Crippen LogP contribution in [0.25, 0.3) is 11.4 Å². The van der Waals surface area contributed by atoms with Crippen molar-refractivity contribution in [1.82, 2.24) is 30.4 Å². The van der Waals surface area contributed by atoms with Gasteiger partial charge in [0.1, 0.15) is 5.82 Å². The van der Waals surface area contributed by atoms with E-state index in [4.69, 9.17) is 0 Å². The lowest BCUT2D eigenvalue weighted by Gasteiger charge is -2.17. The molecule has 0 aliphatic carbocycles. The van der Waals surface area contributed by atoms with E-state index in [0.717, 1.165) is 43.7 Å². The van der Waals surface area contributed by atoms with Gasteiger partial charge in [0, 0.05) is 44.0 Å². The van der Waals surface area contributed by atoms with E-state index >= 15 is 0 Å². The van der Waals surface area contributed by atoms with Crippen LogP contribution in [-0.4, -0.2) is 50.7 Å². The maximum atomic E-state index is 12.4. The van der Waals surface area contributed by atoms with Gasteiger partial charge in [0.15, 0.2) is 5.82 Å². The predicted octanol–water partition coefficient (Wildman–Crippen LogP) is 2.68. The molecule has 0 bridgehead atoms. The Balaban J connectivity index is 1.24. The molecular weight excluding hydrogens is 352 g/mol. The van der Waals surface area contributed by atoms with Gasteiger partial charge >= 0.3 is 6.03 Å². The van der Waals surface area contributed by atoms with Crippen LogP contribution in [0.4, 0.5) is 4.79 Å². The summed E-state index contributed by atoms with van der Waals surface area (Å²) in [5.74, 6) is 1.95. The minimum absolute atomic E-state index is 0.0217. The molecule has 2 N–H and O–H groups in total. The lowest BCUT2D eigenvalue weighted by molar-refractivity contribution is 0.207. The third-order valence-corrected chi connectivity index (χ3v) is 5.06. The Hall–Kier alpha value is -3.22. The highest BCUT2D eigenvalue weighted by Gasteiger charge is 2.27. The van der Waals surface area contributed by atoms with Gasteiger partial charge in [-0.3, -0.25) is 10.1 Å². The normalized spacial score (nSPS) is 16.3. The van der Waals surface area contributed by atoms with Crippen LogP contribution in [0.1, 0.15) is 17.8 Å². The van der Waals surface area contributed by atoms with Crippen molar-refractivity contribution < 1.29 is 4.79 Å². The van der Waals surface area contributed by atoms with Crippen molar-refractivity contribution in [3.05, 3.63) is 66.2 Å². The number of carbonyl (C=O) groups is 1. The van der Waals surface area contributed by atoms with Gasteiger partial charge in [0.2, 0.25) is 0 Å². The van der Waals surface area contributed by atoms with E-state index in [2.05, 4.69) is 37.6 Å². The summed E-state index contributed by atoms with van der Waals surface area (Å²) in [4.78, 5) is 22.9. The minimum atomic E-state index is 0.0217. The third-order valence-electron chi connectivity index (χ3n) is 5.06. The number of pyridine rings is 1. The van der Waals surface area contributed by atoms with Crippen LogP contribution in [0.2, 0.25) is 0 Å². The van der Waals surface area contributed by atoms with Gasteiger partial charge in [-0.25, -0.2) is 9.78 Å². The number of rotatable bonds is 6. The zero-order chi connectivity index (χ0) is 19.2. The number of amides is 2. The largest absolute Gasteiger partial charge is 0.338 e. The molecule has 4 rings (SSSR count). The molecule has 1 unspecified atom stereocenters. The first-order valence-electron chi connectivity index (χ1n) is 9.66. The molecule has 144 valence electrons. The molecule has 2 aromatic heterocycles. The summed E-state index contributed by atoms with van der Waals surface area (Å²) in [6, 6.07) is 14.0. The van der Waals surface area contributed by atoms with E-state index in [1.165, 1.54) is 5.56 Å². The average molecular weight is 376 g/mol. The van der Waals surface area contributed by atoms with Crippen LogP contribution in [0, 0.1) is 5.92 Å². The Bertz CT molecular complexity index is 896. The number of aromatic amines is 1. The molecule has 1 aliphatic heterocycles. The number of nitrogens with zero attached hydrogens (tertiary/aromatic N) is 4. The van der Waals surface area contributed by atoms with Crippen LogP contribution in [0.5, 0.6) is 0 Å². The van der Waals surface area contributed by atoms with Gasteiger partial charge < -0.3 is 10.2 Å². The predicted molar refractivity (Wildman–Crippen MR) is 107 cm³/mol. The number of hydrogen-bond acceptors (Lipinski definition) is 4. The molecule has 7 nitrogen and oxygen atoms in total. The molecule has 1 saturated heterocycles. The number of carbonyl (C=O) groups excluding carboxylic acids is 1. The van der Waals surface area contributed by atoms with E-state index in [0.29, 0.717) is 18.3 Å². The molecule has 3 heterocycles. The molecule has 1 aromatic carbocycles.